The van der Waals surface area contributed by atoms with Gasteiger partial charge in [0.05, 0.1) is 0 Å². The summed E-state index contributed by atoms with van der Waals surface area (Å²) in [6.07, 6.45) is 0. The quantitative estimate of drug-likeness (QED) is 0.508. The Morgan fingerprint density at radius 3 is 1.58 bits per heavy atom. The molecule has 1 rings (SSSR count). The summed E-state index contributed by atoms with van der Waals surface area (Å²) < 4.78 is 0. The zero-order valence-corrected chi connectivity index (χ0v) is 8.93. The van der Waals surface area contributed by atoms with Gasteiger partial charge in [-0.15, -0.1) is 0 Å². The van der Waals surface area contributed by atoms with E-state index in [0.717, 1.165) is 0 Å². The fourth-order valence-electron chi connectivity index (χ4n) is 1.65. The molecule has 12 heavy (non-hydrogen) atoms. The number of nitrogens with zero attached hydrogens (tertiary/aromatic N) is 1. The van der Waals surface area contributed by atoms with E-state index in [1.165, 1.54) is 0 Å². The van der Waals surface area contributed by atoms with Crippen LogP contribution in [0.15, 0.2) is 0 Å². The molecule has 2 nitrogen and oxygen atoms in total. The van der Waals surface area contributed by atoms with Gasteiger partial charge in [-0.1, -0.05) is 20.8 Å². The Kier molecular flexibility index (Phi) is 1.78. The van der Waals surface area contributed by atoms with Gasteiger partial charge in [-0.25, -0.2) is 0 Å². The number of carbonyl (C=O) groups is 1. The van der Waals surface area contributed by atoms with E-state index in [-0.39, 0.29) is 17.0 Å². The predicted molar refractivity (Wildman–Crippen MR) is 49.8 cm³/mol. The molecular formula is C10H19NO. The van der Waals surface area contributed by atoms with Crippen LogP contribution in [-0.2, 0) is 4.79 Å². The van der Waals surface area contributed by atoms with Gasteiger partial charge in [0.25, 0.3) is 0 Å². The van der Waals surface area contributed by atoms with Crippen LogP contribution in [0.25, 0.3) is 0 Å². The van der Waals surface area contributed by atoms with E-state index < -0.39 is 0 Å². The third-order valence-electron chi connectivity index (χ3n) is 2.20. The zero-order valence-electron chi connectivity index (χ0n) is 8.93. The number of hydrogen-bond acceptors (Lipinski definition) is 1. The topological polar surface area (TPSA) is 20.1 Å². The monoisotopic (exact) mass is 169 g/mol. The molecule has 0 saturated carbocycles. The summed E-state index contributed by atoms with van der Waals surface area (Å²) in [5.74, 6) is 0.301. The highest BCUT2D eigenvalue weighted by Crippen LogP contribution is 2.41. The van der Waals surface area contributed by atoms with Crippen LogP contribution >= 0.6 is 0 Å². The van der Waals surface area contributed by atoms with Crippen molar-refractivity contribution in [2.75, 3.05) is 0 Å². The number of rotatable bonds is 0. The van der Waals surface area contributed by atoms with Gasteiger partial charge in [-0.2, -0.15) is 0 Å². The Balaban J connectivity index is 2.73. The third-order valence-corrected chi connectivity index (χ3v) is 2.20. The fourth-order valence-corrected chi connectivity index (χ4v) is 1.65. The van der Waals surface area contributed by atoms with E-state index in [2.05, 4.69) is 41.5 Å². The molecule has 1 amide bonds. The van der Waals surface area contributed by atoms with Gasteiger partial charge in [0.15, 0.2) is 0 Å². The summed E-state index contributed by atoms with van der Waals surface area (Å²) in [4.78, 5) is 13.4. The van der Waals surface area contributed by atoms with Gasteiger partial charge in [-0.05, 0) is 26.2 Å². The molecule has 0 aliphatic carbocycles. The van der Waals surface area contributed by atoms with E-state index in [1.54, 1.807) is 0 Å². The molecule has 1 heterocycles. The molecule has 1 aliphatic heterocycles. The van der Waals surface area contributed by atoms with Crippen molar-refractivity contribution >= 4 is 5.91 Å². The second-order valence-corrected chi connectivity index (χ2v) is 5.65. The normalized spacial score (nSPS) is 24.7. The summed E-state index contributed by atoms with van der Waals surface area (Å²) in [7, 11) is 0. The maximum Gasteiger partial charge on any atom is 0.247 e. The lowest BCUT2D eigenvalue weighted by atomic mass is 9.91. The third kappa shape index (κ3) is 1.47. The van der Waals surface area contributed by atoms with E-state index in [0.29, 0.717) is 5.91 Å². The Morgan fingerprint density at radius 1 is 1.08 bits per heavy atom. The number of amides is 1. The van der Waals surface area contributed by atoms with Crippen molar-refractivity contribution in [1.82, 2.24) is 4.90 Å². The van der Waals surface area contributed by atoms with Crippen molar-refractivity contribution < 1.29 is 4.79 Å². The molecule has 0 bridgehead atoms. The molecule has 1 saturated heterocycles. The van der Waals surface area contributed by atoms with Crippen LogP contribution in [0.3, 0.4) is 0 Å². The first-order chi connectivity index (χ1) is 5.15. The van der Waals surface area contributed by atoms with Gasteiger partial charge >= 0.3 is 0 Å². The Bertz CT molecular complexity index is 185. The highest BCUT2D eigenvalue weighted by Gasteiger charge is 2.57. The van der Waals surface area contributed by atoms with Gasteiger partial charge < -0.3 is 4.90 Å². The van der Waals surface area contributed by atoms with Crippen molar-refractivity contribution in [3.05, 3.63) is 0 Å². The van der Waals surface area contributed by atoms with Gasteiger partial charge in [0.1, 0.15) is 6.04 Å². The molecule has 0 spiro atoms. The molecule has 0 N–H and O–H groups in total. The highest BCUT2D eigenvalue weighted by molar-refractivity contribution is 5.98. The Hall–Kier alpha value is -0.530. The maximum atomic E-state index is 11.4. The molecule has 2 heteroatoms. The first-order valence-corrected chi connectivity index (χ1v) is 4.49. The summed E-state index contributed by atoms with van der Waals surface area (Å²) >= 11 is 0. The van der Waals surface area contributed by atoms with Crippen molar-refractivity contribution in [2.45, 2.75) is 53.1 Å². The lowest BCUT2D eigenvalue weighted by molar-refractivity contribution is -0.115. The minimum Gasteiger partial charge on any atom is -0.323 e. The van der Waals surface area contributed by atoms with E-state index >= 15 is 0 Å². The van der Waals surface area contributed by atoms with Crippen molar-refractivity contribution in [3.63, 3.8) is 0 Å². The van der Waals surface area contributed by atoms with Crippen molar-refractivity contribution in [2.24, 2.45) is 5.41 Å². The summed E-state index contributed by atoms with van der Waals surface area (Å²) in [5, 5.41) is 0. The minimum absolute atomic E-state index is 0.00493. The predicted octanol–water partition coefficient (Wildman–Crippen LogP) is 2.04. The van der Waals surface area contributed by atoms with E-state index in [4.69, 9.17) is 0 Å². The van der Waals surface area contributed by atoms with E-state index in [9.17, 15) is 4.79 Å². The standard InChI is InChI=1S/C10H19NO/c1-9(2,3)7-8(12)11(7)10(4,5)6/h7H,1-6H3/t7-,11?/m1/s1. The van der Waals surface area contributed by atoms with Crippen LogP contribution in [0.4, 0.5) is 0 Å². The average Bonchev–Trinajstić information content (AvgIpc) is 2.35. The maximum absolute atomic E-state index is 11.4. The van der Waals surface area contributed by atoms with Crippen LogP contribution in [0.5, 0.6) is 0 Å². The highest BCUT2D eigenvalue weighted by atomic mass is 16.2. The van der Waals surface area contributed by atoms with Gasteiger partial charge in [0.2, 0.25) is 5.91 Å². The molecule has 1 atom stereocenters. The fraction of sp³-hybridized carbons (Fsp3) is 0.900. The first kappa shape index (κ1) is 9.56. The van der Waals surface area contributed by atoms with Crippen LogP contribution in [0.2, 0.25) is 0 Å². The molecule has 0 aromatic carbocycles. The molecule has 0 radical (unpaired) electrons. The molecular weight excluding hydrogens is 150 g/mol. The Morgan fingerprint density at radius 2 is 1.50 bits per heavy atom. The molecule has 0 unspecified atom stereocenters. The van der Waals surface area contributed by atoms with Crippen LogP contribution < -0.4 is 0 Å². The Labute approximate surface area is 74.9 Å². The summed E-state index contributed by atoms with van der Waals surface area (Å²) in [6.45, 7) is 12.6. The first-order valence-electron chi connectivity index (χ1n) is 4.49. The second-order valence-electron chi connectivity index (χ2n) is 5.65. The lowest BCUT2D eigenvalue weighted by Gasteiger charge is -2.25. The smallest absolute Gasteiger partial charge is 0.247 e. The van der Waals surface area contributed by atoms with Crippen LogP contribution in [0.1, 0.15) is 41.5 Å². The van der Waals surface area contributed by atoms with Crippen molar-refractivity contribution in [3.8, 4) is 0 Å². The molecule has 1 fully saturated rings. The molecule has 0 aromatic heterocycles. The van der Waals surface area contributed by atoms with Gasteiger partial charge in [0, 0.05) is 5.54 Å². The van der Waals surface area contributed by atoms with Crippen molar-refractivity contribution in [1.29, 1.82) is 0 Å². The summed E-state index contributed by atoms with van der Waals surface area (Å²) in [5.41, 5.74) is 0.0827. The summed E-state index contributed by atoms with van der Waals surface area (Å²) in [6, 6.07) is 0.137. The van der Waals surface area contributed by atoms with E-state index in [1.807, 2.05) is 4.90 Å². The van der Waals surface area contributed by atoms with Gasteiger partial charge in [-0.3, -0.25) is 4.79 Å². The number of carbonyl (C=O) groups excluding carboxylic acids is 1. The SMILES string of the molecule is CC(C)(C)[C@H]1C(=O)N1C(C)(C)C. The number of hydrogen-bond donors (Lipinski definition) is 0. The average molecular weight is 169 g/mol. The van der Waals surface area contributed by atoms with Crippen LogP contribution in [-0.4, -0.2) is 22.4 Å². The zero-order chi connectivity index (χ0) is 9.73. The lowest BCUT2D eigenvalue weighted by Crippen LogP contribution is -2.31. The second kappa shape index (κ2) is 2.24. The van der Waals surface area contributed by atoms with Crippen LogP contribution in [0, 0.1) is 5.41 Å². The molecule has 70 valence electrons. The minimum atomic E-state index is -0.00493. The largest absolute Gasteiger partial charge is 0.323 e. The molecule has 0 aromatic rings. The molecule has 1 aliphatic rings.